The van der Waals surface area contributed by atoms with Crippen LogP contribution >= 0.6 is 15.9 Å². The molecule has 22 heavy (non-hydrogen) atoms. The zero-order valence-electron chi connectivity index (χ0n) is 11.8. The Labute approximate surface area is 136 Å². The number of hydrogen-bond donors (Lipinski definition) is 1. The summed E-state index contributed by atoms with van der Waals surface area (Å²) in [5, 5.41) is 11.2. The van der Waals surface area contributed by atoms with E-state index >= 15 is 0 Å². The van der Waals surface area contributed by atoms with E-state index in [9.17, 15) is 4.79 Å². The first kappa shape index (κ1) is 14.9. The number of morpholine rings is 1. The van der Waals surface area contributed by atoms with Gasteiger partial charge in [-0.05, 0) is 30.3 Å². The maximum absolute atomic E-state index is 12.3. The Hall–Kier alpha value is -1.99. The van der Waals surface area contributed by atoms with Crippen LogP contribution in [0.3, 0.4) is 0 Å². The predicted octanol–water partition coefficient (Wildman–Crippen LogP) is 2.46. The standard InChI is InChI=1S/C15H15BrN4O2/c16-11-2-1-3-12(10-11)17-14-5-4-13(18-19-14)15(21)20-6-8-22-9-7-20/h1-5,10H,6-9H2,(H,17,19). The lowest BCUT2D eigenvalue weighted by molar-refractivity contribution is 0.0298. The highest BCUT2D eigenvalue weighted by Crippen LogP contribution is 2.19. The minimum Gasteiger partial charge on any atom is -0.378 e. The molecule has 1 fully saturated rings. The average molecular weight is 363 g/mol. The van der Waals surface area contributed by atoms with E-state index in [1.807, 2.05) is 24.3 Å². The Morgan fingerprint density at radius 1 is 1.18 bits per heavy atom. The van der Waals surface area contributed by atoms with E-state index in [0.29, 0.717) is 37.8 Å². The molecule has 6 nitrogen and oxygen atoms in total. The van der Waals surface area contributed by atoms with E-state index in [4.69, 9.17) is 4.74 Å². The number of ether oxygens (including phenoxy) is 1. The molecule has 1 aliphatic rings. The van der Waals surface area contributed by atoms with Crippen molar-refractivity contribution in [1.29, 1.82) is 0 Å². The number of aromatic nitrogens is 2. The molecule has 7 heteroatoms. The minimum absolute atomic E-state index is 0.107. The smallest absolute Gasteiger partial charge is 0.274 e. The molecule has 0 saturated carbocycles. The van der Waals surface area contributed by atoms with Gasteiger partial charge in [-0.1, -0.05) is 22.0 Å². The molecule has 1 aliphatic heterocycles. The minimum atomic E-state index is -0.107. The van der Waals surface area contributed by atoms with Crippen LogP contribution in [0.5, 0.6) is 0 Å². The van der Waals surface area contributed by atoms with Crippen molar-refractivity contribution >= 4 is 33.3 Å². The van der Waals surface area contributed by atoms with Crippen molar-refractivity contribution in [2.45, 2.75) is 0 Å². The van der Waals surface area contributed by atoms with Gasteiger partial charge in [-0.15, -0.1) is 10.2 Å². The SMILES string of the molecule is O=C(c1ccc(Nc2cccc(Br)c2)nn1)N1CCOCC1. The number of anilines is 2. The molecule has 1 saturated heterocycles. The van der Waals surface area contributed by atoms with Crippen molar-refractivity contribution in [1.82, 2.24) is 15.1 Å². The van der Waals surface area contributed by atoms with Gasteiger partial charge < -0.3 is 15.0 Å². The molecule has 3 rings (SSSR count). The maximum atomic E-state index is 12.3. The van der Waals surface area contributed by atoms with Crippen LogP contribution in [0.4, 0.5) is 11.5 Å². The number of nitrogens with zero attached hydrogens (tertiary/aromatic N) is 3. The highest BCUT2D eigenvalue weighted by Gasteiger charge is 2.19. The third-order valence-corrected chi connectivity index (χ3v) is 3.77. The van der Waals surface area contributed by atoms with Crippen LogP contribution in [-0.4, -0.2) is 47.3 Å². The summed E-state index contributed by atoms with van der Waals surface area (Å²) in [4.78, 5) is 14.0. The maximum Gasteiger partial charge on any atom is 0.274 e. The van der Waals surface area contributed by atoms with Crippen molar-refractivity contribution in [2.75, 3.05) is 31.6 Å². The van der Waals surface area contributed by atoms with Crippen LogP contribution in [0.2, 0.25) is 0 Å². The molecule has 0 aliphatic carbocycles. The number of carbonyl (C=O) groups excluding carboxylic acids is 1. The molecule has 0 atom stereocenters. The lowest BCUT2D eigenvalue weighted by Gasteiger charge is -2.26. The van der Waals surface area contributed by atoms with Crippen LogP contribution in [0.25, 0.3) is 0 Å². The van der Waals surface area contributed by atoms with Crippen molar-refractivity contribution in [3.63, 3.8) is 0 Å². The first-order valence-electron chi connectivity index (χ1n) is 6.96. The average Bonchev–Trinajstić information content (AvgIpc) is 2.56. The summed E-state index contributed by atoms with van der Waals surface area (Å²) in [7, 11) is 0. The largest absolute Gasteiger partial charge is 0.378 e. The fourth-order valence-electron chi connectivity index (χ4n) is 2.16. The highest BCUT2D eigenvalue weighted by molar-refractivity contribution is 9.10. The molecule has 2 heterocycles. The van der Waals surface area contributed by atoms with Crippen molar-refractivity contribution in [3.05, 3.63) is 46.6 Å². The summed E-state index contributed by atoms with van der Waals surface area (Å²) >= 11 is 3.41. The number of nitrogens with one attached hydrogen (secondary N) is 1. The molecule has 0 unspecified atom stereocenters. The van der Waals surface area contributed by atoms with Gasteiger partial charge in [-0.2, -0.15) is 0 Å². The van der Waals surface area contributed by atoms with Gasteiger partial charge in [-0.25, -0.2) is 0 Å². The molecule has 1 aromatic heterocycles. The van der Waals surface area contributed by atoms with Gasteiger partial charge >= 0.3 is 0 Å². The first-order valence-corrected chi connectivity index (χ1v) is 7.75. The second kappa shape index (κ2) is 6.85. The quantitative estimate of drug-likeness (QED) is 0.908. The summed E-state index contributed by atoms with van der Waals surface area (Å²) < 4.78 is 6.21. The summed E-state index contributed by atoms with van der Waals surface area (Å²) in [5.41, 5.74) is 1.25. The molecular formula is C15H15BrN4O2. The van der Waals surface area contributed by atoms with Gasteiger partial charge in [0.1, 0.15) is 0 Å². The molecule has 1 N–H and O–H groups in total. The van der Waals surface area contributed by atoms with E-state index in [1.165, 1.54) is 0 Å². The fraction of sp³-hybridized carbons (Fsp3) is 0.267. The summed E-state index contributed by atoms with van der Waals surface area (Å²) in [6.07, 6.45) is 0. The van der Waals surface area contributed by atoms with E-state index in [-0.39, 0.29) is 5.91 Å². The molecule has 1 aromatic carbocycles. The van der Waals surface area contributed by atoms with Gasteiger partial charge in [-0.3, -0.25) is 4.79 Å². The van der Waals surface area contributed by atoms with Gasteiger partial charge in [0.05, 0.1) is 13.2 Å². The van der Waals surface area contributed by atoms with Crippen LogP contribution in [0.1, 0.15) is 10.5 Å². The van der Waals surface area contributed by atoms with E-state index in [2.05, 4.69) is 31.4 Å². The van der Waals surface area contributed by atoms with Crippen LogP contribution in [0.15, 0.2) is 40.9 Å². The lowest BCUT2D eigenvalue weighted by Crippen LogP contribution is -2.41. The fourth-order valence-corrected chi connectivity index (χ4v) is 2.55. The second-order valence-electron chi connectivity index (χ2n) is 4.84. The van der Waals surface area contributed by atoms with Crippen LogP contribution in [-0.2, 0) is 4.74 Å². The normalized spacial score (nSPS) is 14.7. The van der Waals surface area contributed by atoms with Crippen molar-refractivity contribution < 1.29 is 9.53 Å². The third kappa shape index (κ3) is 3.61. The van der Waals surface area contributed by atoms with E-state index in [1.54, 1.807) is 17.0 Å². The predicted molar refractivity (Wildman–Crippen MR) is 86.2 cm³/mol. The Morgan fingerprint density at radius 3 is 2.68 bits per heavy atom. The second-order valence-corrected chi connectivity index (χ2v) is 5.76. The van der Waals surface area contributed by atoms with E-state index in [0.717, 1.165) is 10.2 Å². The third-order valence-electron chi connectivity index (χ3n) is 3.28. The number of rotatable bonds is 3. The summed E-state index contributed by atoms with van der Waals surface area (Å²) in [6, 6.07) is 11.2. The number of benzene rings is 1. The number of hydrogen-bond acceptors (Lipinski definition) is 5. The van der Waals surface area contributed by atoms with Crippen molar-refractivity contribution in [3.8, 4) is 0 Å². The Bertz CT molecular complexity index is 657. The Balaban J connectivity index is 1.68. The number of halogens is 1. The summed E-state index contributed by atoms with van der Waals surface area (Å²) in [6.45, 7) is 2.33. The Kier molecular flexibility index (Phi) is 4.65. The molecular weight excluding hydrogens is 348 g/mol. The number of amides is 1. The topological polar surface area (TPSA) is 67.4 Å². The number of carbonyl (C=O) groups is 1. The van der Waals surface area contributed by atoms with Gasteiger partial charge in [0.15, 0.2) is 11.5 Å². The van der Waals surface area contributed by atoms with E-state index < -0.39 is 0 Å². The molecule has 1 amide bonds. The van der Waals surface area contributed by atoms with Crippen LogP contribution in [0, 0.1) is 0 Å². The molecule has 0 spiro atoms. The molecule has 0 radical (unpaired) electrons. The molecule has 114 valence electrons. The zero-order chi connectivity index (χ0) is 15.4. The van der Waals surface area contributed by atoms with Crippen molar-refractivity contribution in [2.24, 2.45) is 0 Å². The van der Waals surface area contributed by atoms with Gasteiger partial charge in [0.2, 0.25) is 0 Å². The first-order chi connectivity index (χ1) is 10.7. The Morgan fingerprint density at radius 2 is 2.00 bits per heavy atom. The van der Waals surface area contributed by atoms with Crippen LogP contribution < -0.4 is 5.32 Å². The summed E-state index contributed by atoms with van der Waals surface area (Å²) in [5.74, 6) is 0.487. The molecule has 0 bridgehead atoms. The highest BCUT2D eigenvalue weighted by atomic mass is 79.9. The van der Waals surface area contributed by atoms with Gasteiger partial charge in [0.25, 0.3) is 5.91 Å². The monoisotopic (exact) mass is 362 g/mol. The lowest BCUT2D eigenvalue weighted by atomic mass is 10.3. The molecule has 2 aromatic rings. The van der Waals surface area contributed by atoms with Gasteiger partial charge in [0, 0.05) is 23.2 Å². The zero-order valence-corrected chi connectivity index (χ0v) is 13.4.